The molecule has 1 fully saturated rings. The maximum atomic E-state index is 11.9. The molecule has 1 aromatic rings. The molecule has 2 rings (SSSR count). The van der Waals surface area contributed by atoms with Crippen LogP contribution >= 0.6 is 0 Å². The average Bonchev–Trinajstić information content (AvgIpc) is 2.66. The van der Waals surface area contributed by atoms with E-state index >= 15 is 0 Å². The van der Waals surface area contributed by atoms with E-state index in [1.807, 2.05) is 39.0 Å². The molecule has 8 heteroatoms. The van der Waals surface area contributed by atoms with Crippen molar-refractivity contribution in [2.24, 2.45) is 0 Å². The Kier molecular flexibility index (Phi) is 11.3. The molecule has 0 atom stereocenters. The van der Waals surface area contributed by atoms with Crippen molar-refractivity contribution in [1.29, 1.82) is 0 Å². The van der Waals surface area contributed by atoms with E-state index in [1.165, 1.54) is 0 Å². The third-order valence-corrected chi connectivity index (χ3v) is 4.36. The lowest BCUT2D eigenvalue weighted by atomic mass is 10.1. The maximum Gasteiger partial charge on any atom is 0.258 e. The van der Waals surface area contributed by atoms with Gasteiger partial charge in [-0.3, -0.25) is 9.69 Å². The molecule has 1 amide bonds. The first kappa shape index (κ1) is 25.5. The van der Waals surface area contributed by atoms with Gasteiger partial charge in [-0.25, -0.2) is 0 Å². The highest BCUT2D eigenvalue weighted by Crippen LogP contribution is 2.28. The third kappa shape index (κ3) is 10.2. The minimum absolute atomic E-state index is 0. The second kappa shape index (κ2) is 12.9. The van der Waals surface area contributed by atoms with Crippen LogP contribution in [-0.4, -0.2) is 69.5 Å². The largest absolute Gasteiger partial charge is 1.00 e. The normalized spacial score (nSPS) is 14.8. The second-order valence-electron chi connectivity index (χ2n) is 8.06. The Balaban J connectivity index is 0.00000420. The molecule has 0 bridgehead atoms. The Bertz CT molecular complexity index is 616. The zero-order valence-corrected chi connectivity index (χ0v) is 18.8. The summed E-state index contributed by atoms with van der Waals surface area (Å²) in [5.41, 5.74) is 0.844. The number of amides is 1. The standard InChI is InChI=1S/C21H35N3O4.ClH/c1-21(2,3)23-20(25)16-28-18-7-6-17(14-19(18)26-4)15-22-8-5-9-24-10-12-27-13-11-24;/h6-7,14,22H,5,8-13,15-16H2,1-4H3,(H,23,25);1H/p-1. The van der Waals surface area contributed by atoms with Gasteiger partial charge in [0, 0.05) is 25.2 Å². The number of carbonyl (C=O) groups is 1. The number of benzene rings is 1. The monoisotopic (exact) mass is 428 g/mol. The van der Waals surface area contributed by atoms with Crippen LogP contribution in [0.5, 0.6) is 11.5 Å². The SMILES string of the molecule is COc1cc(CNCCCN2CCOCC2)ccc1OCC(=O)NC(C)(C)C.[Cl-]. The van der Waals surface area contributed by atoms with Gasteiger partial charge in [0.15, 0.2) is 18.1 Å². The molecule has 0 spiro atoms. The van der Waals surface area contributed by atoms with Crippen LogP contribution in [0, 0.1) is 0 Å². The average molecular weight is 429 g/mol. The Labute approximate surface area is 180 Å². The maximum absolute atomic E-state index is 11.9. The number of hydrogen-bond donors (Lipinski definition) is 2. The summed E-state index contributed by atoms with van der Waals surface area (Å²) < 4.78 is 16.4. The van der Waals surface area contributed by atoms with E-state index in [0.717, 1.165) is 57.9 Å². The predicted octanol–water partition coefficient (Wildman–Crippen LogP) is -1.20. The number of nitrogens with one attached hydrogen (secondary N) is 2. The summed E-state index contributed by atoms with van der Waals surface area (Å²) in [6.45, 7) is 12.4. The number of hydrogen-bond acceptors (Lipinski definition) is 6. The summed E-state index contributed by atoms with van der Waals surface area (Å²) in [5, 5.41) is 6.35. The number of rotatable bonds is 10. The van der Waals surface area contributed by atoms with Crippen LogP contribution in [0.4, 0.5) is 0 Å². The number of morpholine rings is 1. The van der Waals surface area contributed by atoms with E-state index in [-0.39, 0.29) is 30.5 Å². The lowest BCUT2D eigenvalue weighted by molar-refractivity contribution is -0.124. The van der Waals surface area contributed by atoms with Gasteiger partial charge in [-0.2, -0.15) is 0 Å². The highest BCUT2D eigenvalue weighted by atomic mass is 35.5. The van der Waals surface area contributed by atoms with Gasteiger partial charge in [0.25, 0.3) is 5.91 Å². The number of methoxy groups -OCH3 is 1. The summed E-state index contributed by atoms with van der Waals surface area (Å²) in [6.07, 6.45) is 1.11. The van der Waals surface area contributed by atoms with Gasteiger partial charge >= 0.3 is 0 Å². The van der Waals surface area contributed by atoms with Crippen LogP contribution in [0.1, 0.15) is 32.8 Å². The van der Waals surface area contributed by atoms with E-state index in [9.17, 15) is 4.79 Å². The van der Waals surface area contributed by atoms with Crippen molar-refractivity contribution < 1.29 is 31.4 Å². The van der Waals surface area contributed by atoms with E-state index in [0.29, 0.717) is 11.5 Å². The Hall–Kier alpha value is -1.54. The van der Waals surface area contributed by atoms with Crippen molar-refractivity contribution in [3.63, 3.8) is 0 Å². The first-order valence-corrected chi connectivity index (χ1v) is 9.99. The molecule has 0 aliphatic carbocycles. The summed E-state index contributed by atoms with van der Waals surface area (Å²) in [6, 6.07) is 5.80. The highest BCUT2D eigenvalue weighted by molar-refractivity contribution is 5.78. The molecule has 0 aromatic heterocycles. The smallest absolute Gasteiger partial charge is 0.258 e. The molecular formula is C21H35ClN3O4-. The zero-order chi connectivity index (χ0) is 20.4. The first-order chi connectivity index (χ1) is 13.4. The van der Waals surface area contributed by atoms with E-state index in [2.05, 4.69) is 15.5 Å². The van der Waals surface area contributed by atoms with Crippen molar-refractivity contribution in [2.75, 3.05) is 53.1 Å². The lowest BCUT2D eigenvalue weighted by Crippen LogP contribution is -3.00. The molecule has 1 aliphatic rings. The second-order valence-corrected chi connectivity index (χ2v) is 8.06. The van der Waals surface area contributed by atoms with Crippen LogP contribution in [-0.2, 0) is 16.1 Å². The molecule has 0 radical (unpaired) electrons. The van der Waals surface area contributed by atoms with Crippen LogP contribution in [0.3, 0.4) is 0 Å². The topological polar surface area (TPSA) is 72.1 Å². The van der Waals surface area contributed by atoms with Gasteiger partial charge in [-0.1, -0.05) is 6.07 Å². The van der Waals surface area contributed by atoms with Crippen molar-refractivity contribution in [2.45, 2.75) is 39.3 Å². The van der Waals surface area contributed by atoms with E-state index in [4.69, 9.17) is 14.2 Å². The van der Waals surface area contributed by atoms with Crippen molar-refractivity contribution >= 4 is 5.91 Å². The Morgan fingerprint density at radius 1 is 1.21 bits per heavy atom. The van der Waals surface area contributed by atoms with Gasteiger partial charge in [0.2, 0.25) is 0 Å². The van der Waals surface area contributed by atoms with Crippen molar-refractivity contribution in [1.82, 2.24) is 15.5 Å². The minimum Gasteiger partial charge on any atom is -1.00 e. The molecule has 166 valence electrons. The van der Waals surface area contributed by atoms with Gasteiger partial charge in [0.1, 0.15) is 0 Å². The number of halogens is 1. The fraction of sp³-hybridized carbons (Fsp3) is 0.667. The summed E-state index contributed by atoms with van der Waals surface area (Å²) in [4.78, 5) is 14.4. The molecule has 29 heavy (non-hydrogen) atoms. The fourth-order valence-corrected chi connectivity index (χ4v) is 3.02. The molecule has 1 saturated heterocycles. The van der Waals surface area contributed by atoms with Crippen LogP contribution in [0.25, 0.3) is 0 Å². The molecule has 1 heterocycles. The highest BCUT2D eigenvalue weighted by Gasteiger charge is 2.15. The van der Waals surface area contributed by atoms with Crippen LogP contribution in [0.15, 0.2) is 18.2 Å². The lowest BCUT2D eigenvalue weighted by Gasteiger charge is -2.26. The quantitative estimate of drug-likeness (QED) is 0.456. The van der Waals surface area contributed by atoms with Crippen LogP contribution < -0.4 is 32.5 Å². The van der Waals surface area contributed by atoms with E-state index < -0.39 is 0 Å². The minimum atomic E-state index is -0.276. The third-order valence-electron chi connectivity index (χ3n) is 4.36. The number of ether oxygens (including phenoxy) is 3. The summed E-state index contributed by atoms with van der Waals surface area (Å²) in [5.74, 6) is 1.05. The molecule has 7 nitrogen and oxygen atoms in total. The molecule has 0 unspecified atom stereocenters. The molecule has 1 aliphatic heterocycles. The van der Waals surface area contributed by atoms with Crippen molar-refractivity contribution in [3.05, 3.63) is 23.8 Å². The molecule has 1 aromatic carbocycles. The van der Waals surface area contributed by atoms with Crippen LogP contribution in [0.2, 0.25) is 0 Å². The molecular weight excluding hydrogens is 394 g/mol. The summed E-state index contributed by atoms with van der Waals surface area (Å²) in [7, 11) is 1.61. The molecule has 0 saturated carbocycles. The Morgan fingerprint density at radius 2 is 1.93 bits per heavy atom. The number of nitrogens with zero attached hydrogens (tertiary/aromatic N) is 1. The van der Waals surface area contributed by atoms with E-state index in [1.54, 1.807) is 7.11 Å². The fourth-order valence-electron chi connectivity index (χ4n) is 3.02. The number of carbonyl (C=O) groups excluding carboxylic acids is 1. The zero-order valence-electron chi connectivity index (χ0n) is 18.1. The Morgan fingerprint density at radius 3 is 2.59 bits per heavy atom. The van der Waals surface area contributed by atoms with Gasteiger partial charge in [0.05, 0.1) is 20.3 Å². The van der Waals surface area contributed by atoms with Gasteiger partial charge in [-0.15, -0.1) is 0 Å². The van der Waals surface area contributed by atoms with Crippen molar-refractivity contribution in [3.8, 4) is 11.5 Å². The van der Waals surface area contributed by atoms with Gasteiger partial charge < -0.3 is 37.3 Å². The first-order valence-electron chi connectivity index (χ1n) is 9.99. The molecule has 2 N–H and O–H groups in total. The van der Waals surface area contributed by atoms with Gasteiger partial charge in [-0.05, 0) is 58.0 Å². The summed E-state index contributed by atoms with van der Waals surface area (Å²) >= 11 is 0. The predicted molar refractivity (Wildman–Crippen MR) is 110 cm³/mol.